The molecule has 0 bridgehead atoms. The first-order valence-electron chi connectivity index (χ1n) is 13.1. The molecule has 2 aromatic carbocycles. The summed E-state index contributed by atoms with van der Waals surface area (Å²) in [5.74, 6) is -1.19. The SMILES string of the molecule is COc1c(C)cc(NC(=O)c2nn(Cc3ccc(F)cc3)c3c2CN(C(=O)c2ccc[nH]2)CC3(C)C(N)=O)cc1C. The van der Waals surface area contributed by atoms with Crippen LogP contribution in [-0.2, 0) is 23.3 Å². The van der Waals surface area contributed by atoms with Gasteiger partial charge in [-0.15, -0.1) is 0 Å². The summed E-state index contributed by atoms with van der Waals surface area (Å²) in [6.45, 7) is 5.57. The van der Waals surface area contributed by atoms with Crippen molar-refractivity contribution in [2.45, 2.75) is 39.3 Å². The van der Waals surface area contributed by atoms with E-state index in [0.717, 1.165) is 16.9 Å². The maximum atomic E-state index is 13.8. The summed E-state index contributed by atoms with van der Waals surface area (Å²) in [4.78, 5) is 44.6. The smallest absolute Gasteiger partial charge is 0.276 e. The van der Waals surface area contributed by atoms with Crippen molar-refractivity contribution in [3.05, 3.63) is 99.9 Å². The third kappa shape index (κ3) is 5.06. The summed E-state index contributed by atoms with van der Waals surface area (Å²) in [7, 11) is 1.59. The number of anilines is 1. The fourth-order valence-electron chi connectivity index (χ4n) is 5.54. The molecule has 3 amide bonds. The second-order valence-corrected chi connectivity index (χ2v) is 10.5. The molecule has 0 saturated heterocycles. The molecule has 0 radical (unpaired) electrons. The third-order valence-corrected chi connectivity index (χ3v) is 7.47. The zero-order valence-electron chi connectivity index (χ0n) is 23.2. The number of carbonyl (C=O) groups is 3. The molecule has 3 heterocycles. The van der Waals surface area contributed by atoms with Gasteiger partial charge in [0.15, 0.2) is 5.69 Å². The summed E-state index contributed by atoms with van der Waals surface area (Å²) in [5.41, 5.74) is 8.79. The summed E-state index contributed by atoms with van der Waals surface area (Å²) in [6.07, 6.45) is 1.63. The number of aromatic nitrogens is 3. The largest absolute Gasteiger partial charge is 0.496 e. The van der Waals surface area contributed by atoms with Crippen LogP contribution in [0.15, 0.2) is 54.7 Å². The Morgan fingerprint density at radius 1 is 1.15 bits per heavy atom. The van der Waals surface area contributed by atoms with Crippen LogP contribution in [-0.4, -0.2) is 51.0 Å². The highest BCUT2D eigenvalue weighted by atomic mass is 19.1. The van der Waals surface area contributed by atoms with Crippen molar-refractivity contribution in [3.63, 3.8) is 0 Å². The Kier molecular flexibility index (Phi) is 7.12. The second kappa shape index (κ2) is 10.6. The summed E-state index contributed by atoms with van der Waals surface area (Å²) in [6, 6.07) is 12.8. The third-order valence-electron chi connectivity index (χ3n) is 7.47. The maximum Gasteiger partial charge on any atom is 0.276 e. The van der Waals surface area contributed by atoms with E-state index in [4.69, 9.17) is 10.5 Å². The molecule has 0 fully saturated rings. The highest BCUT2D eigenvalue weighted by Crippen LogP contribution is 2.37. The lowest BCUT2D eigenvalue weighted by Gasteiger charge is -2.39. The van der Waals surface area contributed by atoms with E-state index in [1.807, 2.05) is 13.8 Å². The monoisotopic (exact) mass is 558 g/mol. The molecule has 0 aliphatic carbocycles. The Labute approximate surface area is 236 Å². The lowest BCUT2D eigenvalue weighted by Crippen LogP contribution is -2.54. The summed E-state index contributed by atoms with van der Waals surface area (Å²) < 4.78 is 20.6. The number of amides is 3. The number of hydrogen-bond donors (Lipinski definition) is 3. The quantitative estimate of drug-likeness (QED) is 0.318. The Hall–Kier alpha value is -4.93. The molecule has 11 heteroatoms. The molecular weight excluding hydrogens is 527 g/mol. The van der Waals surface area contributed by atoms with Gasteiger partial charge in [-0.25, -0.2) is 4.39 Å². The first-order valence-corrected chi connectivity index (χ1v) is 13.1. The maximum absolute atomic E-state index is 13.8. The van der Waals surface area contributed by atoms with Crippen LogP contribution in [0, 0.1) is 19.7 Å². The van der Waals surface area contributed by atoms with Gasteiger partial charge in [-0.1, -0.05) is 12.1 Å². The number of H-pyrrole nitrogens is 1. The molecule has 4 N–H and O–H groups in total. The van der Waals surface area contributed by atoms with E-state index in [2.05, 4.69) is 15.4 Å². The number of primary amides is 1. The van der Waals surface area contributed by atoms with Crippen LogP contribution < -0.4 is 15.8 Å². The normalized spacial score (nSPS) is 16.3. The predicted molar refractivity (Wildman–Crippen MR) is 150 cm³/mol. The molecule has 10 nitrogen and oxygen atoms in total. The van der Waals surface area contributed by atoms with Crippen LogP contribution in [0.5, 0.6) is 5.75 Å². The van der Waals surface area contributed by atoms with Crippen LogP contribution >= 0.6 is 0 Å². The van der Waals surface area contributed by atoms with Crippen molar-refractivity contribution in [2.24, 2.45) is 5.73 Å². The number of hydrogen-bond acceptors (Lipinski definition) is 5. The van der Waals surface area contributed by atoms with Gasteiger partial charge in [0.05, 0.1) is 25.9 Å². The summed E-state index contributed by atoms with van der Waals surface area (Å²) in [5, 5.41) is 7.56. The van der Waals surface area contributed by atoms with Crippen molar-refractivity contribution in [3.8, 4) is 5.75 Å². The standard InChI is InChI=1S/C30H31FN6O4/c1-17-12-21(13-18(2)25(17)41-4)34-27(38)24-22-15-36(28(39)23-6-5-11-33-23)16-30(3,29(32)40)26(22)37(35-24)14-19-7-9-20(31)10-8-19/h5-13,33H,14-16H2,1-4H3,(H2,32,40)(H,34,38). The van der Waals surface area contributed by atoms with Gasteiger partial charge in [0, 0.05) is 24.0 Å². The molecule has 41 heavy (non-hydrogen) atoms. The summed E-state index contributed by atoms with van der Waals surface area (Å²) >= 11 is 0. The van der Waals surface area contributed by atoms with Gasteiger partial charge >= 0.3 is 0 Å². The molecule has 1 aliphatic rings. The van der Waals surface area contributed by atoms with E-state index in [-0.39, 0.29) is 37.1 Å². The zero-order chi connectivity index (χ0) is 29.5. The fourth-order valence-corrected chi connectivity index (χ4v) is 5.54. The first kappa shape index (κ1) is 27.6. The molecule has 212 valence electrons. The van der Waals surface area contributed by atoms with Crippen molar-refractivity contribution in [1.29, 1.82) is 0 Å². The molecule has 1 unspecified atom stereocenters. The van der Waals surface area contributed by atoms with Gasteiger partial charge in [0.2, 0.25) is 5.91 Å². The number of aryl methyl sites for hydroxylation is 2. The fraction of sp³-hybridized carbons (Fsp3) is 0.267. The average molecular weight is 559 g/mol. The topological polar surface area (TPSA) is 135 Å². The van der Waals surface area contributed by atoms with E-state index >= 15 is 0 Å². The lowest BCUT2D eigenvalue weighted by atomic mass is 9.79. The highest BCUT2D eigenvalue weighted by Gasteiger charge is 2.47. The molecular formula is C30H31FN6O4. The molecule has 0 saturated carbocycles. The van der Waals surface area contributed by atoms with Gasteiger partial charge in [-0.05, 0) is 73.9 Å². The van der Waals surface area contributed by atoms with Crippen molar-refractivity contribution in [1.82, 2.24) is 19.7 Å². The van der Waals surface area contributed by atoms with Gasteiger partial charge in [0.1, 0.15) is 22.7 Å². The van der Waals surface area contributed by atoms with Gasteiger partial charge in [-0.3, -0.25) is 19.1 Å². The van der Waals surface area contributed by atoms with Crippen molar-refractivity contribution in [2.75, 3.05) is 19.0 Å². The Morgan fingerprint density at radius 3 is 2.41 bits per heavy atom. The molecule has 1 atom stereocenters. The van der Waals surface area contributed by atoms with Crippen LogP contribution in [0.1, 0.15) is 55.8 Å². The molecule has 4 aromatic rings. The average Bonchev–Trinajstić information content (AvgIpc) is 3.58. The number of nitrogens with one attached hydrogen (secondary N) is 2. The second-order valence-electron chi connectivity index (χ2n) is 10.5. The van der Waals surface area contributed by atoms with E-state index in [1.54, 1.807) is 61.3 Å². The minimum atomic E-state index is -1.37. The number of nitrogens with zero attached hydrogens (tertiary/aromatic N) is 3. The molecule has 0 spiro atoms. The number of aromatic amines is 1. The van der Waals surface area contributed by atoms with Crippen LogP contribution in [0.4, 0.5) is 10.1 Å². The van der Waals surface area contributed by atoms with E-state index in [9.17, 15) is 18.8 Å². The number of carbonyl (C=O) groups excluding carboxylic acids is 3. The molecule has 2 aromatic heterocycles. The number of benzene rings is 2. The minimum absolute atomic E-state index is 0.0137. The Morgan fingerprint density at radius 2 is 1.83 bits per heavy atom. The number of fused-ring (bicyclic) bond motifs is 1. The zero-order valence-corrected chi connectivity index (χ0v) is 23.2. The minimum Gasteiger partial charge on any atom is -0.496 e. The van der Waals surface area contributed by atoms with Crippen LogP contribution in [0.3, 0.4) is 0 Å². The highest BCUT2D eigenvalue weighted by molar-refractivity contribution is 6.05. The number of ether oxygens (including phenoxy) is 1. The first-order chi connectivity index (χ1) is 19.5. The number of nitrogens with two attached hydrogens (primary N) is 1. The van der Waals surface area contributed by atoms with E-state index in [1.165, 1.54) is 17.0 Å². The Bertz CT molecular complexity index is 1620. The van der Waals surface area contributed by atoms with Crippen LogP contribution in [0.2, 0.25) is 0 Å². The van der Waals surface area contributed by atoms with Crippen LogP contribution in [0.25, 0.3) is 0 Å². The molecule has 1 aliphatic heterocycles. The lowest BCUT2D eigenvalue weighted by molar-refractivity contribution is -0.124. The number of halogens is 1. The molecule has 5 rings (SSSR count). The van der Waals surface area contributed by atoms with Gasteiger partial charge in [0.25, 0.3) is 11.8 Å². The van der Waals surface area contributed by atoms with E-state index in [0.29, 0.717) is 28.2 Å². The van der Waals surface area contributed by atoms with Crippen molar-refractivity contribution >= 4 is 23.4 Å². The number of methoxy groups -OCH3 is 1. The van der Waals surface area contributed by atoms with Crippen molar-refractivity contribution < 1.29 is 23.5 Å². The van der Waals surface area contributed by atoms with E-state index < -0.39 is 17.2 Å². The van der Waals surface area contributed by atoms with Gasteiger partial charge < -0.3 is 25.7 Å². The predicted octanol–water partition coefficient (Wildman–Crippen LogP) is 3.68. The van der Waals surface area contributed by atoms with Gasteiger partial charge in [-0.2, -0.15) is 5.10 Å². The number of rotatable bonds is 7. The Balaban J connectivity index is 1.61.